The van der Waals surface area contributed by atoms with Gasteiger partial charge in [-0.2, -0.15) is 0 Å². The van der Waals surface area contributed by atoms with E-state index in [4.69, 9.17) is 21.1 Å². The van der Waals surface area contributed by atoms with Crippen molar-refractivity contribution < 1.29 is 66.7 Å². The molecule has 0 fully saturated rings. The highest BCUT2D eigenvalue weighted by Crippen LogP contribution is 2.37. The first-order valence-corrected chi connectivity index (χ1v) is 28.3. The van der Waals surface area contributed by atoms with Gasteiger partial charge in [-0.1, -0.05) is 48.6 Å². The second-order valence-electron chi connectivity index (χ2n) is 19.5. The monoisotopic (exact) mass is 1180 g/mol. The molecule has 0 saturated heterocycles. The van der Waals surface area contributed by atoms with Gasteiger partial charge in [-0.3, -0.25) is 19.6 Å². The maximum atomic E-state index is 14.3. The molecule has 0 spiro atoms. The summed E-state index contributed by atoms with van der Waals surface area (Å²) in [7, 11) is -8.65. The first-order valence-electron chi connectivity index (χ1n) is 25.2. The van der Waals surface area contributed by atoms with Gasteiger partial charge in [0.1, 0.15) is 62.1 Å². The fraction of sp³-hybridized carbons (Fsp3) is 0.148. The van der Waals surface area contributed by atoms with Crippen molar-refractivity contribution in [2.75, 3.05) is 0 Å². The van der Waals surface area contributed by atoms with Gasteiger partial charge in [-0.05, 0) is 166 Å². The number of sulfonamides is 2. The van der Waals surface area contributed by atoms with Gasteiger partial charge in [0.25, 0.3) is 0 Å². The number of allylic oxidation sites excluding steroid dienone is 3. The summed E-state index contributed by atoms with van der Waals surface area (Å²) in [5.74, 6) is -7.52. The Morgan fingerprint density at radius 1 is 0.506 bits per heavy atom. The van der Waals surface area contributed by atoms with Crippen molar-refractivity contribution >= 4 is 42.9 Å². The second-order valence-corrected chi connectivity index (χ2v) is 22.5. The Hall–Kier alpha value is -8.54. The van der Waals surface area contributed by atoms with Crippen LogP contribution in [0.25, 0.3) is 33.4 Å². The topological polar surface area (TPSA) is 226 Å². The SMILES string of the molecule is NS(=O)(=O)c1cc(-c2cccnc2[C@@H](CC(=O)CC2=CCc3ccc(F)cc32)Cc2cc(F)cc(F)c2)ccc1F.N[C@@H](Cc1cc(F)cc(F)c1)c1ncccc1-c1ccc(F)c(S(N)(=O)=O)c1.O=C(O)CC1=CCc2ccc(F)cc21. The number of hydrogen-bond donors (Lipinski definition) is 4. The highest BCUT2D eigenvalue weighted by Gasteiger charge is 2.27. The third-order valence-corrected chi connectivity index (χ3v) is 15.3. The Morgan fingerprint density at radius 3 is 1.40 bits per heavy atom. The fourth-order valence-corrected chi connectivity index (χ4v) is 11.1. The van der Waals surface area contributed by atoms with Gasteiger partial charge in [0.05, 0.1) is 23.9 Å². The largest absolute Gasteiger partial charge is 0.481 e. The highest BCUT2D eigenvalue weighted by atomic mass is 32.2. The number of primary sulfonamides is 2. The predicted octanol–water partition coefficient (Wildman–Crippen LogP) is 11.6. The van der Waals surface area contributed by atoms with Crippen LogP contribution in [0.2, 0.25) is 0 Å². The average Bonchev–Trinajstić information content (AvgIpc) is 4.07. The van der Waals surface area contributed by atoms with Gasteiger partial charge in [-0.25, -0.2) is 62.2 Å². The molecule has 2 heterocycles. The number of carbonyl (C=O) groups is 2. The first-order chi connectivity index (χ1) is 39.3. The average molecular weight is 1180 g/mol. The van der Waals surface area contributed by atoms with Crippen molar-refractivity contribution in [2.24, 2.45) is 16.0 Å². The molecule has 0 bridgehead atoms. The van der Waals surface area contributed by atoms with E-state index in [0.717, 1.165) is 53.1 Å². The molecule has 12 nitrogen and oxygen atoms in total. The zero-order valence-corrected chi connectivity index (χ0v) is 45.1. The van der Waals surface area contributed by atoms with Crippen molar-refractivity contribution in [3.05, 3.63) is 249 Å². The molecule has 2 aliphatic rings. The van der Waals surface area contributed by atoms with E-state index in [-0.39, 0.29) is 54.8 Å². The van der Waals surface area contributed by atoms with Crippen molar-refractivity contribution in [3.63, 3.8) is 0 Å². The number of pyridine rings is 2. The number of nitrogens with zero attached hydrogens (tertiary/aromatic N) is 2. The number of carboxylic acid groups (broad SMARTS) is 1. The number of carboxylic acids is 1. The molecule has 2 atom stereocenters. The second kappa shape index (κ2) is 25.7. The summed E-state index contributed by atoms with van der Waals surface area (Å²) in [6.07, 6.45) is 7.96. The van der Waals surface area contributed by atoms with Crippen LogP contribution in [0.4, 0.5) is 35.1 Å². The van der Waals surface area contributed by atoms with Crippen molar-refractivity contribution in [1.82, 2.24) is 9.97 Å². The van der Waals surface area contributed by atoms with E-state index in [1.807, 2.05) is 12.2 Å². The summed E-state index contributed by atoms with van der Waals surface area (Å²) in [4.78, 5) is 31.3. The van der Waals surface area contributed by atoms with Gasteiger partial charge >= 0.3 is 5.97 Å². The summed E-state index contributed by atoms with van der Waals surface area (Å²) in [5.41, 5.74) is 13.7. The van der Waals surface area contributed by atoms with Gasteiger partial charge in [0, 0.05) is 54.4 Å². The number of nitrogens with two attached hydrogens (primary N) is 3. The number of aliphatic carboxylic acids is 1. The molecular weight excluding hydrogens is 1130 g/mol. The number of hydrogen-bond acceptors (Lipinski definition) is 9. The molecule has 0 saturated carbocycles. The number of Topliss-reactive ketones (excluding diaryl/α,β-unsaturated/α-hetero) is 1. The third kappa shape index (κ3) is 15.5. The molecule has 2 aliphatic carbocycles. The fourth-order valence-electron chi connectivity index (χ4n) is 9.87. The van der Waals surface area contributed by atoms with Crippen LogP contribution in [0.3, 0.4) is 0 Å². The number of aromatic nitrogens is 2. The zero-order valence-electron chi connectivity index (χ0n) is 43.5. The number of ketones is 1. The lowest BCUT2D eigenvalue weighted by molar-refractivity contribution is -0.135. The molecule has 428 valence electrons. The smallest absolute Gasteiger partial charge is 0.307 e. The van der Waals surface area contributed by atoms with Gasteiger partial charge in [0.2, 0.25) is 20.0 Å². The Morgan fingerprint density at radius 2 is 0.940 bits per heavy atom. The van der Waals surface area contributed by atoms with Crippen LogP contribution in [-0.2, 0) is 55.3 Å². The third-order valence-electron chi connectivity index (χ3n) is 13.5. The van der Waals surface area contributed by atoms with Crippen LogP contribution in [0.5, 0.6) is 0 Å². The van der Waals surface area contributed by atoms with Crippen molar-refractivity contribution in [3.8, 4) is 22.3 Å². The summed E-state index contributed by atoms with van der Waals surface area (Å²) < 4.78 is 157. The highest BCUT2D eigenvalue weighted by molar-refractivity contribution is 7.89. The van der Waals surface area contributed by atoms with Crippen LogP contribution < -0.4 is 16.0 Å². The summed E-state index contributed by atoms with van der Waals surface area (Å²) >= 11 is 0. The summed E-state index contributed by atoms with van der Waals surface area (Å²) in [6.45, 7) is 0. The van der Waals surface area contributed by atoms with E-state index in [1.165, 1.54) is 73.1 Å². The Kier molecular flexibility index (Phi) is 18.8. The standard InChI is InChI=1S/C31H24F4N2O3S.C19H16F3N3O2S.C11H9FO2/c32-23-7-5-19-3-4-20(28(19)17-23)13-26(38)14-22(10-18-11-24(33)16-25(34)12-18)31-27(2-1-9-37-31)21-6-8-29(35)30(15-21)41(36,39)40;20-13-6-11(7-14(21)10-13)8-17(23)19-15(2-1-5-25-19)12-3-4-16(22)18(9-12)28(24,26)27;12-9-4-3-7-1-2-8(5-11(13)14)10(7)6-9/h1-2,4-9,11-12,15-17,22H,3,10,13-14H2,(H2,36,39,40);1-7,9-10,17H,8,23H2,(H2,24,26,27);2-4,6H,1,5H2,(H,13,14)/t22-;17-;/m10./s1. The van der Waals surface area contributed by atoms with Crippen LogP contribution >= 0.6 is 0 Å². The van der Waals surface area contributed by atoms with Gasteiger partial charge in [0.15, 0.2) is 0 Å². The molecule has 10 rings (SSSR count). The summed E-state index contributed by atoms with van der Waals surface area (Å²) in [6, 6.07) is 27.7. The maximum absolute atomic E-state index is 14.3. The molecule has 83 heavy (non-hydrogen) atoms. The normalized spacial score (nSPS) is 13.3. The van der Waals surface area contributed by atoms with Crippen LogP contribution in [0, 0.1) is 46.5 Å². The minimum absolute atomic E-state index is 0.0126. The summed E-state index contributed by atoms with van der Waals surface area (Å²) in [5, 5.41) is 18.9. The van der Waals surface area contributed by atoms with E-state index in [2.05, 4.69) is 9.97 Å². The minimum Gasteiger partial charge on any atom is -0.481 e. The predicted molar refractivity (Wildman–Crippen MR) is 294 cm³/mol. The number of benzene rings is 6. The van der Waals surface area contributed by atoms with Crippen molar-refractivity contribution in [1.29, 1.82) is 0 Å². The molecule has 22 heteroatoms. The number of halogens is 8. The van der Waals surface area contributed by atoms with E-state index < -0.39 is 88.5 Å². The van der Waals surface area contributed by atoms with E-state index in [1.54, 1.807) is 36.4 Å². The molecule has 0 aliphatic heterocycles. The van der Waals surface area contributed by atoms with Crippen LogP contribution in [0.15, 0.2) is 168 Å². The number of carbonyl (C=O) groups excluding carboxylic acids is 1. The lowest BCUT2D eigenvalue weighted by Crippen LogP contribution is -2.17. The molecule has 0 radical (unpaired) electrons. The minimum atomic E-state index is -4.38. The maximum Gasteiger partial charge on any atom is 0.307 e. The Balaban J connectivity index is 0.000000183. The quantitative estimate of drug-likeness (QED) is 0.0669. The van der Waals surface area contributed by atoms with Crippen molar-refractivity contribution in [2.45, 2.75) is 66.7 Å². The number of fused-ring (bicyclic) bond motifs is 2. The zero-order chi connectivity index (χ0) is 59.9. The van der Waals surface area contributed by atoms with Gasteiger partial charge in [-0.15, -0.1) is 0 Å². The molecule has 7 N–H and O–H groups in total. The molecule has 6 aromatic carbocycles. The Bertz CT molecular complexity index is 4090. The number of rotatable bonds is 16. The lowest BCUT2D eigenvalue weighted by atomic mass is 9.85. The Labute approximate surface area is 471 Å². The molecule has 2 aromatic heterocycles. The van der Waals surface area contributed by atoms with E-state index >= 15 is 0 Å². The van der Waals surface area contributed by atoms with Crippen LogP contribution in [0.1, 0.15) is 76.0 Å². The van der Waals surface area contributed by atoms with Gasteiger partial charge < -0.3 is 10.8 Å². The van der Waals surface area contributed by atoms with E-state index in [9.17, 15) is 61.5 Å². The lowest BCUT2D eigenvalue weighted by Gasteiger charge is -2.20. The molecule has 0 unspecified atom stereocenters. The molecule has 0 amide bonds. The molecular formula is C61H49F8N5O7S2. The van der Waals surface area contributed by atoms with E-state index in [0.29, 0.717) is 63.2 Å². The molecule has 8 aromatic rings. The first kappa shape index (κ1) is 60.6. The van der Waals surface area contributed by atoms with Crippen LogP contribution in [-0.4, -0.2) is 43.7 Å².